The van der Waals surface area contributed by atoms with Gasteiger partial charge in [-0.05, 0) is 68.3 Å². The van der Waals surface area contributed by atoms with Crippen LogP contribution in [-0.4, -0.2) is 47.5 Å². The number of para-hydroxylation sites is 2. The van der Waals surface area contributed by atoms with E-state index in [2.05, 4.69) is 10.3 Å². The quantitative estimate of drug-likeness (QED) is 0.188. The van der Waals surface area contributed by atoms with Gasteiger partial charge < -0.3 is 29.2 Å². The van der Waals surface area contributed by atoms with Crippen LogP contribution < -0.4 is 20.5 Å². The van der Waals surface area contributed by atoms with Crippen molar-refractivity contribution in [2.75, 3.05) is 25.1 Å². The van der Waals surface area contributed by atoms with Crippen LogP contribution in [0.2, 0.25) is 0 Å². The van der Waals surface area contributed by atoms with E-state index < -0.39 is 5.97 Å². The Morgan fingerprint density at radius 2 is 1.65 bits per heavy atom. The van der Waals surface area contributed by atoms with Gasteiger partial charge >= 0.3 is 5.97 Å². The number of pyridine rings is 1. The summed E-state index contributed by atoms with van der Waals surface area (Å²) in [5, 5.41) is 3.30. The lowest BCUT2D eigenvalue weighted by Crippen LogP contribution is -2.33. The second kappa shape index (κ2) is 13.6. The van der Waals surface area contributed by atoms with Gasteiger partial charge in [0.15, 0.2) is 0 Å². The van der Waals surface area contributed by atoms with Crippen LogP contribution in [0.5, 0.6) is 11.5 Å². The number of nitrogens with zero attached hydrogens (tertiary/aromatic N) is 2. The minimum atomic E-state index is -0.430. The zero-order valence-electron chi connectivity index (χ0n) is 26.5. The second-order valence-electron chi connectivity index (χ2n) is 10.9. The number of fused-ring (bicyclic) bond motifs is 1. The summed E-state index contributed by atoms with van der Waals surface area (Å²) < 4.78 is 12.9. The lowest BCUT2D eigenvalue weighted by atomic mass is 10.00. The van der Waals surface area contributed by atoms with Crippen LogP contribution in [0.3, 0.4) is 0 Å². The van der Waals surface area contributed by atoms with Crippen LogP contribution in [-0.2, 0) is 16.6 Å². The standard InChI is InChI=1S/C36H36N4O6/c1-6-37-34(42)29-20-27-28(21-39(4)36(44)32(27)38-29)26-16-15-24(19-30(26)46-33-22(2)11-10-12-23(33)3)35(43)40(18-17-31(41)45-5)25-13-8-7-9-14-25/h7-16,19-21,38H,6,17-18H2,1-5H3,(H,37,42). The summed E-state index contributed by atoms with van der Waals surface area (Å²) in [5.74, 6) is -0.0752. The molecule has 0 spiro atoms. The third kappa shape index (κ3) is 6.41. The Bertz CT molecular complexity index is 1970. The number of aromatic nitrogens is 2. The summed E-state index contributed by atoms with van der Waals surface area (Å²) in [6.07, 6.45) is 1.71. The number of carbonyl (C=O) groups excluding carboxylic acids is 3. The first-order valence-electron chi connectivity index (χ1n) is 15.0. The monoisotopic (exact) mass is 620 g/mol. The average molecular weight is 621 g/mol. The number of hydrogen-bond acceptors (Lipinski definition) is 6. The van der Waals surface area contributed by atoms with E-state index in [4.69, 9.17) is 9.47 Å². The number of benzene rings is 3. The Morgan fingerprint density at radius 1 is 0.935 bits per heavy atom. The van der Waals surface area contributed by atoms with Crippen molar-refractivity contribution >= 4 is 34.4 Å². The molecule has 10 heteroatoms. The fourth-order valence-corrected chi connectivity index (χ4v) is 5.38. The number of hydrogen-bond donors (Lipinski definition) is 2. The van der Waals surface area contributed by atoms with Gasteiger partial charge in [0.05, 0.1) is 13.5 Å². The molecule has 46 heavy (non-hydrogen) atoms. The zero-order chi connectivity index (χ0) is 33.0. The molecule has 2 amide bonds. The first-order chi connectivity index (χ1) is 22.1. The van der Waals surface area contributed by atoms with E-state index in [0.29, 0.717) is 45.8 Å². The van der Waals surface area contributed by atoms with Gasteiger partial charge in [0.2, 0.25) is 0 Å². The highest BCUT2D eigenvalue weighted by molar-refractivity contribution is 6.08. The number of methoxy groups -OCH3 is 1. The number of anilines is 1. The van der Waals surface area contributed by atoms with Gasteiger partial charge in [-0.3, -0.25) is 19.2 Å². The summed E-state index contributed by atoms with van der Waals surface area (Å²) >= 11 is 0. The SMILES string of the molecule is CCNC(=O)c1cc2c(-c3ccc(C(=O)N(CCC(=O)OC)c4ccccc4)cc3Oc3c(C)cccc3C)cn(C)c(=O)c2[nH]1. The number of aromatic amines is 1. The highest BCUT2D eigenvalue weighted by Gasteiger charge is 2.24. The topological polar surface area (TPSA) is 123 Å². The molecule has 0 unspecified atom stereocenters. The predicted molar refractivity (Wildman–Crippen MR) is 178 cm³/mol. The molecule has 0 radical (unpaired) electrons. The van der Waals surface area contributed by atoms with Crippen molar-refractivity contribution in [3.8, 4) is 22.6 Å². The van der Waals surface area contributed by atoms with E-state index >= 15 is 0 Å². The third-order valence-electron chi connectivity index (χ3n) is 7.77. The Labute approximate surface area is 266 Å². The van der Waals surface area contributed by atoms with Gasteiger partial charge in [0.25, 0.3) is 17.4 Å². The molecule has 0 bridgehead atoms. The number of carbonyl (C=O) groups is 3. The maximum atomic E-state index is 14.1. The molecule has 2 aromatic heterocycles. The van der Waals surface area contributed by atoms with Crippen LogP contribution in [0.25, 0.3) is 22.0 Å². The number of ether oxygens (including phenoxy) is 2. The van der Waals surface area contributed by atoms with E-state index in [-0.39, 0.29) is 41.5 Å². The summed E-state index contributed by atoms with van der Waals surface area (Å²) in [4.78, 5) is 56.5. The van der Waals surface area contributed by atoms with Crippen LogP contribution in [0.1, 0.15) is 45.3 Å². The number of esters is 1. The molecule has 2 heterocycles. The lowest BCUT2D eigenvalue weighted by Gasteiger charge is -2.23. The number of rotatable bonds is 10. The molecule has 5 rings (SSSR count). The first kappa shape index (κ1) is 31.8. The highest BCUT2D eigenvalue weighted by Crippen LogP contribution is 2.39. The Hall–Kier alpha value is -5.64. The van der Waals surface area contributed by atoms with E-state index in [1.54, 1.807) is 49.6 Å². The van der Waals surface area contributed by atoms with Crippen molar-refractivity contribution in [3.63, 3.8) is 0 Å². The van der Waals surface area contributed by atoms with Gasteiger partial charge in [-0.2, -0.15) is 0 Å². The van der Waals surface area contributed by atoms with Gasteiger partial charge in [-0.15, -0.1) is 0 Å². The molecule has 2 N–H and O–H groups in total. The smallest absolute Gasteiger partial charge is 0.307 e. The molecule has 236 valence electrons. The maximum Gasteiger partial charge on any atom is 0.307 e. The number of nitrogens with one attached hydrogen (secondary N) is 2. The van der Waals surface area contributed by atoms with Crippen molar-refractivity contribution in [2.45, 2.75) is 27.2 Å². The van der Waals surface area contributed by atoms with E-state index in [0.717, 1.165) is 11.1 Å². The van der Waals surface area contributed by atoms with Gasteiger partial charge in [0, 0.05) is 54.1 Å². The van der Waals surface area contributed by atoms with Crippen molar-refractivity contribution in [1.82, 2.24) is 14.9 Å². The summed E-state index contributed by atoms with van der Waals surface area (Å²) in [6, 6.07) is 21.7. The normalized spacial score (nSPS) is 10.9. The van der Waals surface area contributed by atoms with Crippen LogP contribution in [0.4, 0.5) is 5.69 Å². The van der Waals surface area contributed by atoms with Gasteiger partial charge in [0.1, 0.15) is 22.7 Å². The Morgan fingerprint density at radius 3 is 2.33 bits per heavy atom. The molecule has 5 aromatic rings. The molecule has 0 aliphatic carbocycles. The molecule has 3 aromatic carbocycles. The highest BCUT2D eigenvalue weighted by atomic mass is 16.5. The van der Waals surface area contributed by atoms with E-state index in [9.17, 15) is 19.2 Å². The molecular weight excluding hydrogens is 584 g/mol. The van der Waals surface area contributed by atoms with Crippen molar-refractivity contribution < 1.29 is 23.9 Å². The molecule has 0 atom stereocenters. The van der Waals surface area contributed by atoms with Crippen LogP contribution in [0, 0.1) is 13.8 Å². The maximum absolute atomic E-state index is 14.1. The van der Waals surface area contributed by atoms with Crippen LogP contribution >= 0.6 is 0 Å². The Kier molecular flexibility index (Phi) is 9.37. The third-order valence-corrected chi connectivity index (χ3v) is 7.77. The number of amides is 2. The molecule has 10 nitrogen and oxygen atoms in total. The Balaban J connectivity index is 1.69. The predicted octanol–water partition coefficient (Wildman–Crippen LogP) is 5.90. The molecule has 0 fully saturated rings. The fraction of sp³-hybridized carbons (Fsp3) is 0.222. The average Bonchev–Trinajstić information content (AvgIpc) is 3.51. The first-order valence-corrected chi connectivity index (χ1v) is 15.0. The second-order valence-corrected chi connectivity index (χ2v) is 10.9. The molecule has 0 aliphatic heterocycles. The molecule has 0 saturated carbocycles. The van der Waals surface area contributed by atoms with Crippen LogP contribution in [0.15, 0.2) is 83.8 Å². The van der Waals surface area contributed by atoms with Gasteiger partial charge in [-0.25, -0.2) is 0 Å². The largest absolute Gasteiger partial charge is 0.469 e. The van der Waals surface area contributed by atoms with E-state index in [1.807, 2.05) is 57.2 Å². The van der Waals surface area contributed by atoms with Gasteiger partial charge in [-0.1, -0.05) is 36.4 Å². The number of H-pyrrole nitrogens is 1. The van der Waals surface area contributed by atoms with E-state index in [1.165, 1.54) is 16.6 Å². The summed E-state index contributed by atoms with van der Waals surface area (Å²) in [6.45, 7) is 6.24. The summed E-state index contributed by atoms with van der Waals surface area (Å²) in [5.41, 5.74) is 4.25. The summed E-state index contributed by atoms with van der Waals surface area (Å²) in [7, 11) is 2.95. The zero-order valence-corrected chi connectivity index (χ0v) is 26.5. The van der Waals surface area contributed by atoms with Crippen molar-refractivity contribution in [2.24, 2.45) is 7.05 Å². The minimum Gasteiger partial charge on any atom is -0.469 e. The van der Waals surface area contributed by atoms with Crippen molar-refractivity contribution in [1.29, 1.82) is 0 Å². The molecule has 0 aliphatic rings. The lowest BCUT2D eigenvalue weighted by molar-refractivity contribution is -0.140. The van der Waals surface area contributed by atoms with Crippen molar-refractivity contribution in [3.05, 3.63) is 112 Å². The fourth-order valence-electron chi connectivity index (χ4n) is 5.38. The molecule has 0 saturated heterocycles. The minimum absolute atomic E-state index is 0.0123. The molecular formula is C36H36N4O6. The number of aryl methyl sites for hydroxylation is 3.